The summed E-state index contributed by atoms with van der Waals surface area (Å²) in [5.41, 5.74) is 0.582. The first-order valence-electron chi connectivity index (χ1n) is 5.16. The van der Waals surface area contributed by atoms with Crippen LogP contribution >= 0.6 is 0 Å². The zero-order chi connectivity index (χ0) is 11.6. The second-order valence-corrected chi connectivity index (χ2v) is 5.41. The molecule has 0 saturated carbocycles. The maximum absolute atomic E-state index is 11.3. The van der Waals surface area contributed by atoms with Crippen LogP contribution < -0.4 is 15.8 Å². The second-order valence-electron chi connectivity index (χ2n) is 3.88. The molecular weight excluding hydrogens is 226 g/mol. The first kappa shape index (κ1) is 11.4. The Bertz CT molecular complexity index is 467. The molecule has 1 unspecified atom stereocenters. The van der Waals surface area contributed by atoms with Crippen LogP contribution in [0, 0.1) is 0 Å². The summed E-state index contributed by atoms with van der Waals surface area (Å²) in [4.78, 5) is 0.155. The third kappa shape index (κ3) is 2.52. The van der Waals surface area contributed by atoms with Gasteiger partial charge in [-0.25, -0.2) is 13.6 Å². The summed E-state index contributed by atoms with van der Waals surface area (Å²) in [6.45, 7) is 1.80. The molecule has 6 heteroatoms. The van der Waals surface area contributed by atoms with Gasteiger partial charge in [-0.3, -0.25) is 0 Å². The van der Waals surface area contributed by atoms with Crippen molar-refractivity contribution in [2.75, 3.05) is 18.4 Å². The van der Waals surface area contributed by atoms with Crippen LogP contribution in [0.25, 0.3) is 0 Å². The summed E-state index contributed by atoms with van der Waals surface area (Å²) >= 11 is 0. The molecule has 1 fully saturated rings. The lowest BCUT2D eigenvalue weighted by atomic mass is 10.2. The standard InChI is InChI=1S/C10H15N3O2S/c11-16(14,15)10-4-2-1-3-9(10)13-8-5-6-12-7-8/h1-4,8,12-13H,5-7H2,(H2,11,14,15). The predicted octanol–water partition coefficient (Wildman–Crippen LogP) is 0.108. The van der Waals surface area contributed by atoms with Gasteiger partial charge in [-0.15, -0.1) is 0 Å². The van der Waals surface area contributed by atoms with Gasteiger partial charge in [-0.2, -0.15) is 0 Å². The molecule has 88 valence electrons. The number of nitrogens with two attached hydrogens (primary N) is 1. The van der Waals surface area contributed by atoms with Gasteiger partial charge in [0.2, 0.25) is 10.0 Å². The number of primary sulfonamides is 1. The van der Waals surface area contributed by atoms with E-state index in [-0.39, 0.29) is 10.9 Å². The van der Waals surface area contributed by atoms with Gasteiger partial charge in [-0.1, -0.05) is 12.1 Å². The number of sulfonamides is 1. The highest BCUT2D eigenvalue weighted by atomic mass is 32.2. The van der Waals surface area contributed by atoms with E-state index in [1.165, 1.54) is 6.07 Å². The predicted molar refractivity (Wildman–Crippen MR) is 62.7 cm³/mol. The van der Waals surface area contributed by atoms with Crippen LogP contribution in [0.5, 0.6) is 0 Å². The smallest absolute Gasteiger partial charge is 0.240 e. The number of nitrogens with one attached hydrogen (secondary N) is 2. The fourth-order valence-corrected chi connectivity index (χ4v) is 2.53. The number of hydrogen-bond donors (Lipinski definition) is 3. The molecule has 0 aliphatic carbocycles. The minimum atomic E-state index is -3.66. The van der Waals surface area contributed by atoms with Gasteiger partial charge in [0.15, 0.2) is 0 Å². The second kappa shape index (κ2) is 4.40. The van der Waals surface area contributed by atoms with Crippen LogP contribution in [0.1, 0.15) is 6.42 Å². The highest BCUT2D eigenvalue weighted by Crippen LogP contribution is 2.21. The summed E-state index contributed by atoms with van der Waals surface area (Å²) < 4.78 is 22.7. The molecule has 0 bridgehead atoms. The Kier molecular flexibility index (Phi) is 3.13. The van der Waals surface area contributed by atoms with Gasteiger partial charge < -0.3 is 10.6 Å². The number of hydrogen-bond acceptors (Lipinski definition) is 4. The van der Waals surface area contributed by atoms with E-state index in [0.29, 0.717) is 5.69 Å². The van der Waals surface area contributed by atoms with E-state index in [9.17, 15) is 8.42 Å². The van der Waals surface area contributed by atoms with Crippen molar-refractivity contribution in [1.82, 2.24) is 5.32 Å². The Morgan fingerprint density at radius 3 is 2.75 bits per heavy atom. The van der Waals surface area contributed by atoms with Gasteiger partial charge in [0.05, 0.1) is 5.69 Å². The van der Waals surface area contributed by atoms with Crippen molar-refractivity contribution in [2.45, 2.75) is 17.4 Å². The van der Waals surface area contributed by atoms with E-state index in [1.807, 2.05) is 0 Å². The highest BCUT2D eigenvalue weighted by molar-refractivity contribution is 7.89. The Balaban J connectivity index is 2.26. The lowest BCUT2D eigenvalue weighted by molar-refractivity contribution is 0.598. The van der Waals surface area contributed by atoms with E-state index in [0.717, 1.165) is 19.5 Å². The first-order valence-corrected chi connectivity index (χ1v) is 6.71. The van der Waals surface area contributed by atoms with E-state index < -0.39 is 10.0 Å². The van der Waals surface area contributed by atoms with Crippen LogP contribution in [0.4, 0.5) is 5.69 Å². The molecule has 4 N–H and O–H groups in total. The monoisotopic (exact) mass is 241 g/mol. The SMILES string of the molecule is NS(=O)(=O)c1ccccc1NC1CCNC1. The molecule has 1 aliphatic heterocycles. The minimum absolute atomic E-state index is 0.155. The minimum Gasteiger partial charge on any atom is -0.380 e. The molecule has 1 aromatic rings. The largest absolute Gasteiger partial charge is 0.380 e. The summed E-state index contributed by atoms with van der Waals surface area (Å²) in [7, 11) is -3.66. The Hall–Kier alpha value is -1.11. The van der Waals surface area contributed by atoms with Gasteiger partial charge >= 0.3 is 0 Å². The van der Waals surface area contributed by atoms with Gasteiger partial charge in [-0.05, 0) is 25.1 Å². The van der Waals surface area contributed by atoms with Crippen LogP contribution in [0.3, 0.4) is 0 Å². The lowest BCUT2D eigenvalue weighted by Gasteiger charge is -2.15. The highest BCUT2D eigenvalue weighted by Gasteiger charge is 2.18. The summed E-state index contributed by atoms with van der Waals surface area (Å²) in [5, 5.41) is 11.6. The van der Waals surface area contributed by atoms with Crippen molar-refractivity contribution in [3.8, 4) is 0 Å². The maximum atomic E-state index is 11.3. The third-order valence-electron chi connectivity index (χ3n) is 2.61. The molecule has 0 amide bonds. The van der Waals surface area contributed by atoms with Crippen molar-refractivity contribution in [2.24, 2.45) is 5.14 Å². The van der Waals surface area contributed by atoms with Crippen LogP contribution in [0.15, 0.2) is 29.2 Å². The normalized spacial score (nSPS) is 20.9. The first-order chi connectivity index (χ1) is 7.57. The van der Waals surface area contributed by atoms with Crippen LogP contribution in [-0.2, 0) is 10.0 Å². The quantitative estimate of drug-likeness (QED) is 0.701. The molecule has 0 radical (unpaired) electrons. The Morgan fingerprint density at radius 2 is 2.12 bits per heavy atom. The van der Waals surface area contributed by atoms with E-state index in [1.54, 1.807) is 18.2 Å². The number of para-hydroxylation sites is 1. The van der Waals surface area contributed by atoms with Crippen molar-refractivity contribution in [1.29, 1.82) is 0 Å². The number of rotatable bonds is 3. The van der Waals surface area contributed by atoms with E-state index >= 15 is 0 Å². The van der Waals surface area contributed by atoms with Crippen molar-refractivity contribution in [3.63, 3.8) is 0 Å². The average molecular weight is 241 g/mol. The van der Waals surface area contributed by atoms with Crippen molar-refractivity contribution < 1.29 is 8.42 Å². The Labute approximate surface area is 95.1 Å². The van der Waals surface area contributed by atoms with Gasteiger partial charge in [0.1, 0.15) is 4.90 Å². The average Bonchev–Trinajstić information content (AvgIpc) is 2.70. The summed E-state index contributed by atoms with van der Waals surface area (Å²) in [6.07, 6.45) is 0.985. The number of benzene rings is 1. The number of anilines is 1. The lowest BCUT2D eigenvalue weighted by Crippen LogP contribution is -2.24. The zero-order valence-corrected chi connectivity index (χ0v) is 9.63. The molecule has 16 heavy (non-hydrogen) atoms. The Morgan fingerprint density at radius 1 is 1.38 bits per heavy atom. The van der Waals surface area contributed by atoms with Gasteiger partial charge in [0.25, 0.3) is 0 Å². The van der Waals surface area contributed by atoms with Crippen molar-refractivity contribution in [3.05, 3.63) is 24.3 Å². The fourth-order valence-electron chi connectivity index (χ4n) is 1.83. The molecule has 0 aromatic heterocycles. The zero-order valence-electron chi connectivity index (χ0n) is 8.81. The van der Waals surface area contributed by atoms with Crippen LogP contribution in [0.2, 0.25) is 0 Å². The summed E-state index contributed by atoms with van der Waals surface area (Å²) in [6, 6.07) is 6.97. The molecule has 2 rings (SSSR count). The van der Waals surface area contributed by atoms with E-state index in [4.69, 9.17) is 5.14 Å². The molecule has 1 heterocycles. The molecule has 1 saturated heterocycles. The van der Waals surface area contributed by atoms with Crippen LogP contribution in [-0.4, -0.2) is 27.5 Å². The topological polar surface area (TPSA) is 84.2 Å². The molecule has 1 aromatic carbocycles. The molecule has 0 spiro atoms. The van der Waals surface area contributed by atoms with Crippen molar-refractivity contribution >= 4 is 15.7 Å². The molecule has 1 aliphatic rings. The maximum Gasteiger partial charge on any atom is 0.240 e. The molecular formula is C10H15N3O2S. The summed E-state index contributed by atoms with van der Waals surface area (Å²) in [5.74, 6) is 0. The fraction of sp³-hybridized carbons (Fsp3) is 0.400. The third-order valence-corrected chi connectivity index (χ3v) is 3.58. The molecule has 1 atom stereocenters. The van der Waals surface area contributed by atoms with E-state index in [2.05, 4.69) is 10.6 Å². The van der Waals surface area contributed by atoms with Gasteiger partial charge in [0, 0.05) is 12.6 Å². The molecule has 5 nitrogen and oxygen atoms in total.